The van der Waals surface area contributed by atoms with Gasteiger partial charge in [0.1, 0.15) is 23.3 Å². The van der Waals surface area contributed by atoms with Gasteiger partial charge in [0.15, 0.2) is 4.80 Å². The number of fused-ring (bicyclic) bond motifs is 1. The monoisotopic (exact) mass is 535 g/mol. The molecule has 3 heterocycles. The van der Waals surface area contributed by atoms with E-state index in [1.54, 1.807) is 50.2 Å². The number of thiazole rings is 1. The number of rotatable bonds is 6. The fourth-order valence-corrected chi connectivity index (χ4v) is 5.37. The number of furan rings is 1. The maximum absolute atomic E-state index is 13.7. The van der Waals surface area contributed by atoms with Crippen molar-refractivity contribution in [2.75, 3.05) is 5.32 Å². The Balaban J connectivity index is 1.66. The first kappa shape index (κ1) is 25.3. The molecule has 0 bridgehead atoms. The highest BCUT2D eigenvalue weighted by molar-refractivity contribution is 7.07. The number of aromatic nitrogens is 1. The Morgan fingerprint density at radius 2 is 1.84 bits per heavy atom. The minimum Gasteiger partial charge on any atom is -0.464 e. The standard InChI is InChI=1S/C28H23F2N3O4S/c1-15-8-4-6-10-19(15)32-25(34)23-17(3)31-28-33(24(23)21-13-12-16(2)36-21)26(35)22(38-28)14-18-9-5-7-11-20(18)37-27(29)30/h4-14,24,27H,1-3H3,(H,32,34)/b22-14-. The summed E-state index contributed by atoms with van der Waals surface area (Å²) in [4.78, 5) is 32.3. The van der Waals surface area contributed by atoms with E-state index in [9.17, 15) is 18.4 Å². The lowest BCUT2D eigenvalue weighted by molar-refractivity contribution is -0.113. The van der Waals surface area contributed by atoms with Gasteiger partial charge in [-0.3, -0.25) is 14.2 Å². The topological polar surface area (TPSA) is 85.8 Å². The summed E-state index contributed by atoms with van der Waals surface area (Å²) in [6, 6.07) is 16.2. The number of carbonyl (C=O) groups excluding carboxylic acids is 1. The van der Waals surface area contributed by atoms with Gasteiger partial charge in [0, 0.05) is 11.3 Å². The Kier molecular flexibility index (Phi) is 6.81. The maximum Gasteiger partial charge on any atom is 0.387 e. The van der Waals surface area contributed by atoms with Crippen molar-refractivity contribution in [1.82, 2.24) is 4.57 Å². The first-order chi connectivity index (χ1) is 18.2. The summed E-state index contributed by atoms with van der Waals surface area (Å²) >= 11 is 1.09. The van der Waals surface area contributed by atoms with E-state index < -0.39 is 24.1 Å². The highest BCUT2D eigenvalue weighted by Crippen LogP contribution is 2.32. The summed E-state index contributed by atoms with van der Waals surface area (Å²) in [5.74, 6) is 0.555. The molecule has 5 rings (SSSR count). The largest absolute Gasteiger partial charge is 0.464 e. The van der Waals surface area contributed by atoms with Gasteiger partial charge in [0.05, 0.1) is 15.8 Å². The minimum absolute atomic E-state index is 0.0546. The molecule has 0 radical (unpaired) electrons. The van der Waals surface area contributed by atoms with Gasteiger partial charge in [0.25, 0.3) is 11.5 Å². The molecule has 4 aromatic rings. The van der Waals surface area contributed by atoms with Crippen LogP contribution < -0.4 is 24.9 Å². The lowest BCUT2D eigenvalue weighted by Gasteiger charge is -2.23. The summed E-state index contributed by atoms with van der Waals surface area (Å²) in [6.45, 7) is 2.36. The number of alkyl halides is 2. The molecule has 0 spiro atoms. The predicted molar refractivity (Wildman–Crippen MR) is 140 cm³/mol. The fourth-order valence-electron chi connectivity index (χ4n) is 4.33. The molecule has 0 fully saturated rings. The van der Waals surface area contributed by atoms with E-state index in [0.29, 0.717) is 33.3 Å². The molecule has 1 unspecified atom stereocenters. The Bertz CT molecular complexity index is 1750. The van der Waals surface area contributed by atoms with Crippen molar-refractivity contribution in [3.05, 3.63) is 114 Å². The van der Waals surface area contributed by atoms with Gasteiger partial charge in [0.2, 0.25) is 0 Å². The van der Waals surface area contributed by atoms with E-state index in [1.807, 2.05) is 25.1 Å². The molecular weight excluding hydrogens is 512 g/mol. The Labute approximate surface area is 220 Å². The number of nitrogens with one attached hydrogen (secondary N) is 1. The molecule has 1 aliphatic rings. The van der Waals surface area contributed by atoms with Gasteiger partial charge in [-0.15, -0.1) is 0 Å². The molecule has 0 saturated carbocycles. The SMILES string of the molecule is CC1=C(C(=O)Nc2ccccc2C)C(c2ccc(C)o2)n2c(s/c(=C\c3ccccc3OC(F)F)c2=O)=N1. The van der Waals surface area contributed by atoms with Crippen LogP contribution in [0.15, 0.2) is 86.1 Å². The Morgan fingerprint density at radius 3 is 2.55 bits per heavy atom. The molecule has 1 atom stereocenters. The summed E-state index contributed by atoms with van der Waals surface area (Å²) in [5.41, 5.74) is 2.10. The number of aryl methyl sites for hydroxylation is 2. The van der Waals surface area contributed by atoms with Crippen molar-refractivity contribution in [2.24, 2.45) is 4.99 Å². The van der Waals surface area contributed by atoms with Crippen molar-refractivity contribution in [2.45, 2.75) is 33.4 Å². The third-order valence-corrected chi connectivity index (χ3v) is 7.09. The molecule has 10 heteroatoms. The van der Waals surface area contributed by atoms with Crippen LogP contribution in [-0.2, 0) is 4.79 Å². The van der Waals surface area contributed by atoms with Gasteiger partial charge in [-0.05, 0) is 56.7 Å². The molecule has 7 nitrogen and oxygen atoms in total. The van der Waals surface area contributed by atoms with E-state index >= 15 is 0 Å². The molecule has 2 aromatic heterocycles. The van der Waals surface area contributed by atoms with E-state index in [4.69, 9.17) is 4.42 Å². The number of nitrogens with zero attached hydrogens (tertiary/aromatic N) is 2. The molecule has 38 heavy (non-hydrogen) atoms. The third kappa shape index (κ3) is 4.82. The number of benzene rings is 2. The van der Waals surface area contributed by atoms with Crippen molar-refractivity contribution in [3.63, 3.8) is 0 Å². The summed E-state index contributed by atoms with van der Waals surface area (Å²) in [7, 11) is 0. The van der Waals surface area contributed by atoms with Crippen LogP contribution in [0.25, 0.3) is 6.08 Å². The van der Waals surface area contributed by atoms with Crippen LogP contribution in [0.2, 0.25) is 0 Å². The van der Waals surface area contributed by atoms with Crippen molar-refractivity contribution >= 4 is 29.0 Å². The molecule has 0 saturated heterocycles. The lowest BCUT2D eigenvalue weighted by Crippen LogP contribution is -2.40. The van der Waals surface area contributed by atoms with Gasteiger partial charge in [-0.25, -0.2) is 4.99 Å². The second-order valence-electron chi connectivity index (χ2n) is 8.72. The van der Waals surface area contributed by atoms with Gasteiger partial charge < -0.3 is 14.5 Å². The van der Waals surface area contributed by atoms with Crippen LogP contribution in [0.3, 0.4) is 0 Å². The molecule has 1 aliphatic heterocycles. The van der Waals surface area contributed by atoms with Crippen LogP contribution in [0.1, 0.15) is 35.6 Å². The Morgan fingerprint density at radius 1 is 1.11 bits per heavy atom. The third-order valence-electron chi connectivity index (χ3n) is 6.11. The average molecular weight is 536 g/mol. The number of hydrogen-bond acceptors (Lipinski definition) is 6. The molecule has 1 amide bonds. The zero-order chi connectivity index (χ0) is 27.0. The molecular formula is C28H23F2N3O4S. The number of carbonyl (C=O) groups is 1. The first-order valence-corrected chi connectivity index (χ1v) is 12.5. The molecule has 194 valence electrons. The van der Waals surface area contributed by atoms with Crippen molar-refractivity contribution < 1.29 is 22.7 Å². The second-order valence-corrected chi connectivity index (χ2v) is 9.72. The van der Waals surface area contributed by atoms with Crippen LogP contribution in [0.5, 0.6) is 5.75 Å². The predicted octanol–water partition coefficient (Wildman–Crippen LogP) is 4.69. The number of ether oxygens (including phenoxy) is 1. The van der Waals surface area contributed by atoms with Gasteiger partial charge >= 0.3 is 6.61 Å². The zero-order valence-electron chi connectivity index (χ0n) is 20.7. The van der Waals surface area contributed by atoms with Crippen molar-refractivity contribution in [1.29, 1.82) is 0 Å². The van der Waals surface area contributed by atoms with Crippen LogP contribution >= 0.6 is 11.3 Å². The number of anilines is 1. The zero-order valence-corrected chi connectivity index (χ0v) is 21.5. The van der Waals surface area contributed by atoms with Gasteiger partial charge in [-0.1, -0.05) is 47.7 Å². The lowest BCUT2D eigenvalue weighted by atomic mass is 10.00. The average Bonchev–Trinajstić information content (AvgIpc) is 3.43. The van der Waals surface area contributed by atoms with Gasteiger partial charge in [-0.2, -0.15) is 8.78 Å². The molecule has 2 aromatic carbocycles. The summed E-state index contributed by atoms with van der Waals surface area (Å²) in [5, 5.41) is 2.93. The molecule has 0 aliphatic carbocycles. The van der Waals surface area contributed by atoms with Crippen LogP contribution in [0.4, 0.5) is 14.5 Å². The number of allylic oxidation sites excluding steroid dienone is 1. The molecule has 1 N–H and O–H groups in total. The van der Waals surface area contributed by atoms with Crippen LogP contribution in [-0.4, -0.2) is 17.1 Å². The maximum atomic E-state index is 13.7. The number of amides is 1. The number of hydrogen-bond donors (Lipinski definition) is 1. The van der Waals surface area contributed by atoms with E-state index in [2.05, 4.69) is 15.0 Å². The first-order valence-electron chi connectivity index (χ1n) is 11.7. The number of halogens is 2. The van der Waals surface area contributed by atoms with Crippen LogP contribution in [0, 0.1) is 13.8 Å². The summed E-state index contributed by atoms with van der Waals surface area (Å²) in [6.07, 6.45) is 1.48. The quantitative estimate of drug-likeness (QED) is 0.388. The summed E-state index contributed by atoms with van der Waals surface area (Å²) < 4.78 is 38.0. The highest BCUT2D eigenvalue weighted by Gasteiger charge is 2.34. The smallest absolute Gasteiger partial charge is 0.387 e. The minimum atomic E-state index is -3.01. The normalized spacial score (nSPS) is 15.4. The van der Waals surface area contributed by atoms with Crippen molar-refractivity contribution in [3.8, 4) is 5.75 Å². The van der Waals surface area contributed by atoms with E-state index in [0.717, 1.165) is 16.9 Å². The fraction of sp³-hybridized carbons (Fsp3) is 0.179. The van der Waals surface area contributed by atoms with E-state index in [-0.39, 0.29) is 15.9 Å². The highest BCUT2D eigenvalue weighted by atomic mass is 32.1. The Hall–Kier alpha value is -4.31. The number of para-hydroxylation sites is 2. The van der Waals surface area contributed by atoms with E-state index in [1.165, 1.54) is 16.7 Å². The second kappa shape index (κ2) is 10.2.